The first-order valence-corrected chi connectivity index (χ1v) is 7.18. The van der Waals surface area contributed by atoms with E-state index in [4.69, 9.17) is 16.3 Å². The van der Waals surface area contributed by atoms with E-state index in [1.807, 2.05) is 0 Å². The van der Waals surface area contributed by atoms with Crippen molar-refractivity contribution in [2.75, 3.05) is 26.8 Å². The molecule has 0 spiro atoms. The van der Waals surface area contributed by atoms with Crippen LogP contribution in [0, 0.1) is 0 Å². The molecule has 0 aromatic carbocycles. The summed E-state index contributed by atoms with van der Waals surface area (Å²) in [6, 6.07) is 2.66. The Morgan fingerprint density at radius 3 is 2.79 bits per heavy atom. The Labute approximate surface area is 116 Å². The number of halogens is 1. The Bertz CT molecular complexity index is 518. The van der Waals surface area contributed by atoms with E-state index in [0.717, 1.165) is 6.20 Å². The predicted octanol–water partition coefficient (Wildman–Crippen LogP) is -0.224. The van der Waals surface area contributed by atoms with Crippen LogP contribution in [0.25, 0.3) is 0 Å². The van der Waals surface area contributed by atoms with Gasteiger partial charge in [0.15, 0.2) is 0 Å². The summed E-state index contributed by atoms with van der Waals surface area (Å²) >= 11 is 5.56. The summed E-state index contributed by atoms with van der Waals surface area (Å²) in [5, 5.41) is 2.68. The third-order valence-electron chi connectivity index (χ3n) is 2.06. The molecular formula is C10H14ClN3O4S. The van der Waals surface area contributed by atoms with Gasteiger partial charge in [0.05, 0.1) is 13.2 Å². The standard InChI is InChI=1S/C10H14ClN3O4S/c1-18-5-4-12-10(15)7-14-19(16,17)8-2-3-9(11)13-6-8/h2-3,6,14H,4-5,7H2,1H3,(H,12,15). The molecule has 0 atom stereocenters. The molecule has 0 fully saturated rings. The summed E-state index contributed by atoms with van der Waals surface area (Å²) in [5.41, 5.74) is 0. The molecule has 1 aromatic heterocycles. The van der Waals surface area contributed by atoms with Gasteiger partial charge in [-0.05, 0) is 12.1 Å². The summed E-state index contributed by atoms with van der Waals surface area (Å²) in [6.45, 7) is 0.327. The fraction of sp³-hybridized carbons (Fsp3) is 0.400. The van der Waals surface area contributed by atoms with Crippen LogP contribution in [-0.4, -0.2) is 46.1 Å². The third-order valence-corrected chi connectivity index (χ3v) is 3.67. The highest BCUT2D eigenvalue weighted by Gasteiger charge is 2.15. The van der Waals surface area contributed by atoms with Crippen molar-refractivity contribution in [3.05, 3.63) is 23.5 Å². The Balaban J connectivity index is 2.51. The maximum absolute atomic E-state index is 11.8. The molecule has 9 heteroatoms. The van der Waals surface area contributed by atoms with Crippen LogP contribution < -0.4 is 10.0 Å². The van der Waals surface area contributed by atoms with Crippen LogP contribution in [0.1, 0.15) is 0 Å². The fourth-order valence-electron chi connectivity index (χ4n) is 1.12. The van der Waals surface area contributed by atoms with E-state index in [9.17, 15) is 13.2 Å². The number of carbonyl (C=O) groups excluding carboxylic acids is 1. The lowest BCUT2D eigenvalue weighted by Gasteiger charge is -2.07. The van der Waals surface area contributed by atoms with Crippen molar-refractivity contribution in [1.29, 1.82) is 0 Å². The molecule has 1 heterocycles. The summed E-state index contributed by atoms with van der Waals surface area (Å²) in [6.07, 6.45) is 1.12. The van der Waals surface area contributed by atoms with Crippen LogP contribution in [0.4, 0.5) is 0 Å². The van der Waals surface area contributed by atoms with Crippen LogP contribution >= 0.6 is 11.6 Å². The summed E-state index contributed by atoms with van der Waals surface area (Å²) in [4.78, 5) is 14.9. The van der Waals surface area contributed by atoms with Crippen LogP contribution in [0.5, 0.6) is 0 Å². The number of rotatable bonds is 7. The molecule has 2 N–H and O–H groups in total. The summed E-state index contributed by atoms with van der Waals surface area (Å²) < 4.78 is 30.5. The molecule has 7 nitrogen and oxygen atoms in total. The number of pyridine rings is 1. The second-order valence-corrected chi connectivity index (χ2v) is 5.64. The van der Waals surface area contributed by atoms with Gasteiger partial charge in [0.1, 0.15) is 10.0 Å². The lowest BCUT2D eigenvalue weighted by atomic mass is 10.5. The van der Waals surface area contributed by atoms with Gasteiger partial charge in [0.2, 0.25) is 15.9 Å². The first kappa shape index (κ1) is 15.8. The molecule has 0 saturated carbocycles. The van der Waals surface area contributed by atoms with Crippen LogP contribution in [0.15, 0.2) is 23.2 Å². The minimum atomic E-state index is -3.77. The van der Waals surface area contributed by atoms with Crippen LogP contribution in [0.2, 0.25) is 5.15 Å². The Hall–Kier alpha value is -1.22. The first-order chi connectivity index (χ1) is 8.95. The van der Waals surface area contributed by atoms with Crippen molar-refractivity contribution in [2.24, 2.45) is 0 Å². The number of sulfonamides is 1. The molecule has 0 radical (unpaired) electrons. The van der Waals surface area contributed by atoms with Crippen molar-refractivity contribution in [3.8, 4) is 0 Å². The van der Waals surface area contributed by atoms with Gasteiger partial charge in [-0.3, -0.25) is 4.79 Å². The second kappa shape index (κ2) is 7.39. The summed E-state index contributed by atoms with van der Waals surface area (Å²) in [5.74, 6) is -0.442. The molecule has 0 aliphatic carbocycles. The largest absolute Gasteiger partial charge is 0.383 e. The molecule has 19 heavy (non-hydrogen) atoms. The SMILES string of the molecule is COCCNC(=O)CNS(=O)(=O)c1ccc(Cl)nc1. The molecule has 1 amide bonds. The highest BCUT2D eigenvalue weighted by atomic mass is 35.5. The van der Waals surface area contributed by atoms with E-state index in [-0.39, 0.29) is 16.6 Å². The minimum absolute atomic E-state index is 0.0541. The minimum Gasteiger partial charge on any atom is -0.383 e. The van der Waals surface area contributed by atoms with Crippen LogP contribution in [-0.2, 0) is 19.6 Å². The third kappa shape index (κ3) is 5.52. The molecule has 0 bridgehead atoms. The first-order valence-electron chi connectivity index (χ1n) is 5.32. The van der Waals surface area contributed by atoms with Crippen molar-refractivity contribution in [2.45, 2.75) is 4.90 Å². The topological polar surface area (TPSA) is 97.4 Å². The van der Waals surface area contributed by atoms with Gasteiger partial charge in [0.25, 0.3) is 0 Å². The average Bonchev–Trinajstić information content (AvgIpc) is 2.37. The molecule has 1 rings (SSSR count). The molecule has 106 valence electrons. The molecule has 0 saturated heterocycles. The van der Waals surface area contributed by atoms with Gasteiger partial charge >= 0.3 is 0 Å². The predicted molar refractivity (Wildman–Crippen MR) is 69.3 cm³/mol. The lowest BCUT2D eigenvalue weighted by molar-refractivity contribution is -0.120. The van der Waals surface area contributed by atoms with E-state index in [2.05, 4.69) is 15.0 Å². The van der Waals surface area contributed by atoms with Crippen molar-refractivity contribution in [3.63, 3.8) is 0 Å². The maximum atomic E-state index is 11.8. The summed E-state index contributed by atoms with van der Waals surface area (Å²) in [7, 11) is -2.26. The number of hydrogen-bond acceptors (Lipinski definition) is 5. The van der Waals surface area contributed by atoms with E-state index in [0.29, 0.717) is 13.2 Å². The molecular weight excluding hydrogens is 294 g/mol. The number of hydrogen-bond donors (Lipinski definition) is 2. The van der Waals surface area contributed by atoms with Gasteiger partial charge in [-0.1, -0.05) is 11.6 Å². The molecule has 0 unspecified atom stereocenters. The van der Waals surface area contributed by atoms with Gasteiger partial charge in [-0.15, -0.1) is 0 Å². The van der Waals surface area contributed by atoms with Crippen molar-refractivity contribution >= 4 is 27.5 Å². The van der Waals surface area contributed by atoms with Crippen molar-refractivity contribution in [1.82, 2.24) is 15.0 Å². The number of aromatic nitrogens is 1. The zero-order chi connectivity index (χ0) is 14.3. The van der Waals surface area contributed by atoms with Gasteiger partial charge < -0.3 is 10.1 Å². The zero-order valence-electron chi connectivity index (χ0n) is 10.2. The Morgan fingerprint density at radius 2 is 2.21 bits per heavy atom. The monoisotopic (exact) mass is 307 g/mol. The highest BCUT2D eigenvalue weighted by Crippen LogP contribution is 2.10. The number of nitrogens with zero attached hydrogens (tertiary/aromatic N) is 1. The highest BCUT2D eigenvalue weighted by molar-refractivity contribution is 7.89. The maximum Gasteiger partial charge on any atom is 0.242 e. The van der Waals surface area contributed by atoms with Gasteiger partial charge in [0, 0.05) is 19.9 Å². The molecule has 1 aromatic rings. The number of carbonyl (C=O) groups is 1. The lowest BCUT2D eigenvalue weighted by Crippen LogP contribution is -2.38. The number of amides is 1. The van der Waals surface area contributed by atoms with Gasteiger partial charge in [-0.2, -0.15) is 0 Å². The smallest absolute Gasteiger partial charge is 0.242 e. The Morgan fingerprint density at radius 1 is 1.47 bits per heavy atom. The van der Waals surface area contributed by atoms with E-state index in [1.54, 1.807) is 0 Å². The normalized spacial score (nSPS) is 11.3. The van der Waals surface area contributed by atoms with E-state index in [1.165, 1.54) is 19.2 Å². The molecule has 0 aliphatic heterocycles. The van der Waals surface area contributed by atoms with Crippen LogP contribution in [0.3, 0.4) is 0 Å². The van der Waals surface area contributed by atoms with Crippen molar-refractivity contribution < 1.29 is 17.9 Å². The number of ether oxygens (including phenoxy) is 1. The quantitative estimate of drug-likeness (QED) is 0.536. The second-order valence-electron chi connectivity index (χ2n) is 3.48. The fourth-order valence-corrected chi connectivity index (χ4v) is 2.16. The zero-order valence-corrected chi connectivity index (χ0v) is 11.8. The van der Waals surface area contributed by atoms with E-state index >= 15 is 0 Å². The van der Waals surface area contributed by atoms with Gasteiger partial charge in [-0.25, -0.2) is 18.1 Å². The number of nitrogens with one attached hydrogen (secondary N) is 2. The Kier molecular flexibility index (Phi) is 6.16. The average molecular weight is 308 g/mol. The van der Waals surface area contributed by atoms with E-state index < -0.39 is 15.9 Å². The molecule has 0 aliphatic rings. The number of methoxy groups -OCH3 is 1.